The zero-order chi connectivity index (χ0) is 10.7. The number of hydrogen-bond acceptors (Lipinski definition) is 4. The van der Waals surface area contributed by atoms with Gasteiger partial charge < -0.3 is 10.2 Å². The molecule has 0 spiro atoms. The Morgan fingerprint density at radius 3 is 2.93 bits per heavy atom. The molecule has 1 amide bonds. The second kappa shape index (κ2) is 4.72. The van der Waals surface area contributed by atoms with Crippen molar-refractivity contribution >= 4 is 22.4 Å². The SMILES string of the molecule is CN1CCC(C(=O)Nc2nccs2)CC1. The minimum absolute atomic E-state index is 0.123. The topological polar surface area (TPSA) is 45.2 Å². The van der Waals surface area contributed by atoms with E-state index in [1.54, 1.807) is 6.20 Å². The number of hydrogen-bond donors (Lipinski definition) is 1. The summed E-state index contributed by atoms with van der Waals surface area (Å²) in [7, 11) is 2.09. The highest BCUT2D eigenvalue weighted by Crippen LogP contribution is 2.19. The van der Waals surface area contributed by atoms with E-state index in [4.69, 9.17) is 0 Å². The van der Waals surface area contributed by atoms with Gasteiger partial charge in [-0.1, -0.05) is 0 Å². The van der Waals surface area contributed by atoms with E-state index >= 15 is 0 Å². The van der Waals surface area contributed by atoms with Gasteiger partial charge in [-0.25, -0.2) is 4.98 Å². The molecular weight excluding hydrogens is 210 g/mol. The summed E-state index contributed by atoms with van der Waals surface area (Å²) >= 11 is 1.46. The van der Waals surface area contributed by atoms with E-state index in [0.717, 1.165) is 25.9 Å². The van der Waals surface area contributed by atoms with E-state index in [1.807, 2.05) is 5.38 Å². The standard InChI is InChI=1S/C10H15N3OS/c1-13-5-2-8(3-6-13)9(14)12-10-11-4-7-15-10/h4,7-8H,2-3,5-6H2,1H3,(H,11,12,14). The molecule has 0 unspecified atom stereocenters. The average molecular weight is 225 g/mol. The van der Waals surface area contributed by atoms with Gasteiger partial charge >= 0.3 is 0 Å². The molecule has 1 aliphatic rings. The maximum absolute atomic E-state index is 11.8. The van der Waals surface area contributed by atoms with Gasteiger partial charge in [-0.05, 0) is 33.0 Å². The Labute approximate surface area is 93.3 Å². The van der Waals surface area contributed by atoms with Crippen LogP contribution in [0.4, 0.5) is 5.13 Å². The second-order valence-corrected chi connectivity index (χ2v) is 4.80. The molecule has 4 nitrogen and oxygen atoms in total. The number of nitrogens with zero attached hydrogens (tertiary/aromatic N) is 2. The fourth-order valence-electron chi connectivity index (χ4n) is 1.76. The summed E-state index contributed by atoms with van der Waals surface area (Å²) in [5, 5.41) is 5.43. The first-order valence-corrected chi connectivity index (χ1v) is 6.02. The van der Waals surface area contributed by atoms with Gasteiger partial charge in [0, 0.05) is 17.5 Å². The number of piperidine rings is 1. The van der Waals surface area contributed by atoms with Gasteiger partial charge in [-0.15, -0.1) is 11.3 Å². The Morgan fingerprint density at radius 1 is 1.60 bits per heavy atom. The Balaban J connectivity index is 1.86. The van der Waals surface area contributed by atoms with Crippen LogP contribution < -0.4 is 5.32 Å². The third-order valence-corrected chi connectivity index (χ3v) is 3.44. The van der Waals surface area contributed by atoms with Crippen LogP contribution in [-0.4, -0.2) is 35.9 Å². The lowest BCUT2D eigenvalue weighted by Gasteiger charge is -2.27. The largest absolute Gasteiger partial charge is 0.306 e. The third kappa shape index (κ3) is 2.76. The summed E-state index contributed by atoms with van der Waals surface area (Å²) in [5.74, 6) is 0.281. The van der Waals surface area contributed by atoms with E-state index in [0.29, 0.717) is 5.13 Å². The second-order valence-electron chi connectivity index (χ2n) is 3.90. The monoisotopic (exact) mass is 225 g/mol. The van der Waals surface area contributed by atoms with Gasteiger partial charge in [0.1, 0.15) is 0 Å². The molecule has 0 atom stereocenters. The Kier molecular flexibility index (Phi) is 3.33. The van der Waals surface area contributed by atoms with Crippen LogP contribution in [-0.2, 0) is 4.79 Å². The molecular formula is C10H15N3OS. The van der Waals surface area contributed by atoms with Crippen LogP contribution >= 0.6 is 11.3 Å². The molecule has 0 aliphatic carbocycles. The molecule has 0 bridgehead atoms. The van der Waals surface area contributed by atoms with Crippen molar-refractivity contribution < 1.29 is 4.79 Å². The molecule has 1 fully saturated rings. The van der Waals surface area contributed by atoms with E-state index < -0.39 is 0 Å². The highest BCUT2D eigenvalue weighted by Gasteiger charge is 2.23. The number of carbonyl (C=O) groups is 1. The van der Waals surface area contributed by atoms with Crippen LogP contribution in [0.3, 0.4) is 0 Å². The summed E-state index contributed by atoms with van der Waals surface area (Å²) in [4.78, 5) is 18.1. The van der Waals surface area contributed by atoms with Gasteiger partial charge in [0.15, 0.2) is 5.13 Å². The number of aromatic nitrogens is 1. The lowest BCUT2D eigenvalue weighted by atomic mass is 9.96. The van der Waals surface area contributed by atoms with Crippen molar-refractivity contribution in [2.45, 2.75) is 12.8 Å². The number of nitrogens with one attached hydrogen (secondary N) is 1. The van der Waals surface area contributed by atoms with Crippen LogP contribution in [0.25, 0.3) is 0 Å². The minimum Gasteiger partial charge on any atom is -0.306 e. The lowest BCUT2D eigenvalue weighted by Crippen LogP contribution is -2.35. The fourth-order valence-corrected chi connectivity index (χ4v) is 2.30. The van der Waals surface area contributed by atoms with Crippen LogP contribution in [0.2, 0.25) is 0 Å². The first-order chi connectivity index (χ1) is 7.25. The van der Waals surface area contributed by atoms with Gasteiger partial charge in [0.05, 0.1) is 0 Å². The first kappa shape index (κ1) is 10.6. The van der Waals surface area contributed by atoms with E-state index in [1.165, 1.54) is 11.3 Å². The molecule has 1 aromatic rings. The maximum atomic E-state index is 11.8. The van der Waals surface area contributed by atoms with Gasteiger partial charge in [-0.3, -0.25) is 4.79 Å². The van der Waals surface area contributed by atoms with Crippen LogP contribution in [0.15, 0.2) is 11.6 Å². The Hall–Kier alpha value is -0.940. The normalized spacial score (nSPS) is 19.0. The number of amides is 1. The van der Waals surface area contributed by atoms with Crippen molar-refractivity contribution in [1.82, 2.24) is 9.88 Å². The van der Waals surface area contributed by atoms with E-state index in [9.17, 15) is 4.79 Å². The summed E-state index contributed by atoms with van der Waals surface area (Å²) in [5.41, 5.74) is 0. The molecule has 1 aromatic heterocycles. The van der Waals surface area contributed by atoms with Gasteiger partial charge in [-0.2, -0.15) is 0 Å². The molecule has 1 N–H and O–H groups in total. The van der Waals surface area contributed by atoms with Crippen LogP contribution in [0, 0.1) is 5.92 Å². The van der Waals surface area contributed by atoms with Crippen molar-refractivity contribution in [2.24, 2.45) is 5.92 Å². The molecule has 0 radical (unpaired) electrons. The molecule has 1 aliphatic heterocycles. The quantitative estimate of drug-likeness (QED) is 0.828. The first-order valence-electron chi connectivity index (χ1n) is 5.14. The highest BCUT2D eigenvalue weighted by atomic mass is 32.1. The predicted octanol–water partition coefficient (Wildman–Crippen LogP) is 1.42. The van der Waals surface area contributed by atoms with Crippen molar-refractivity contribution in [3.8, 4) is 0 Å². The van der Waals surface area contributed by atoms with Crippen molar-refractivity contribution in [2.75, 3.05) is 25.5 Å². The number of rotatable bonds is 2. The fraction of sp³-hybridized carbons (Fsp3) is 0.600. The van der Waals surface area contributed by atoms with E-state index in [-0.39, 0.29) is 11.8 Å². The Morgan fingerprint density at radius 2 is 2.33 bits per heavy atom. The molecule has 1 saturated heterocycles. The zero-order valence-electron chi connectivity index (χ0n) is 8.77. The molecule has 2 heterocycles. The highest BCUT2D eigenvalue weighted by molar-refractivity contribution is 7.13. The maximum Gasteiger partial charge on any atom is 0.229 e. The number of anilines is 1. The molecule has 0 aromatic carbocycles. The molecule has 82 valence electrons. The predicted molar refractivity (Wildman–Crippen MR) is 61.0 cm³/mol. The van der Waals surface area contributed by atoms with Crippen LogP contribution in [0.1, 0.15) is 12.8 Å². The van der Waals surface area contributed by atoms with Crippen molar-refractivity contribution in [3.05, 3.63) is 11.6 Å². The number of thiazole rings is 1. The minimum atomic E-state index is 0.123. The summed E-state index contributed by atoms with van der Waals surface area (Å²) in [6, 6.07) is 0. The Bertz CT molecular complexity index is 317. The van der Waals surface area contributed by atoms with Crippen molar-refractivity contribution in [1.29, 1.82) is 0 Å². The summed E-state index contributed by atoms with van der Waals surface area (Å²) < 4.78 is 0. The molecule has 15 heavy (non-hydrogen) atoms. The lowest BCUT2D eigenvalue weighted by molar-refractivity contribution is -0.121. The van der Waals surface area contributed by atoms with Crippen LogP contribution in [0.5, 0.6) is 0 Å². The molecule has 2 rings (SSSR count). The van der Waals surface area contributed by atoms with E-state index in [2.05, 4.69) is 22.2 Å². The van der Waals surface area contributed by atoms with Crippen molar-refractivity contribution in [3.63, 3.8) is 0 Å². The third-order valence-electron chi connectivity index (χ3n) is 2.75. The number of likely N-dealkylation sites (tertiary alicyclic amines) is 1. The number of carbonyl (C=O) groups excluding carboxylic acids is 1. The molecule has 0 saturated carbocycles. The smallest absolute Gasteiger partial charge is 0.229 e. The van der Waals surface area contributed by atoms with Gasteiger partial charge in [0.25, 0.3) is 0 Å². The molecule has 5 heteroatoms. The van der Waals surface area contributed by atoms with Gasteiger partial charge in [0.2, 0.25) is 5.91 Å². The summed E-state index contributed by atoms with van der Waals surface area (Å²) in [6.07, 6.45) is 3.61. The summed E-state index contributed by atoms with van der Waals surface area (Å²) in [6.45, 7) is 2.02. The average Bonchev–Trinajstić information content (AvgIpc) is 2.71. The zero-order valence-corrected chi connectivity index (χ0v) is 9.59.